The standard InChI is InChI=1S/C12H13ClFNO2/c13-5-3-11(16)12(17)9-2-1-8(4-6-15)10(14)7-9/h1-2,7,11-12,16-17H,3-5H2. The second kappa shape index (κ2) is 6.55. The lowest BCUT2D eigenvalue weighted by Gasteiger charge is -2.17. The molecule has 5 heteroatoms. The number of alkyl halides is 1. The van der Waals surface area contributed by atoms with Crippen molar-refractivity contribution < 1.29 is 14.6 Å². The number of benzene rings is 1. The molecule has 3 nitrogen and oxygen atoms in total. The van der Waals surface area contributed by atoms with Crippen LogP contribution in [0.4, 0.5) is 4.39 Å². The number of nitriles is 1. The Hall–Kier alpha value is -1.15. The first-order valence-corrected chi connectivity index (χ1v) is 5.71. The molecule has 1 rings (SSSR count). The minimum absolute atomic E-state index is 0.0214. The van der Waals surface area contributed by atoms with Crippen LogP contribution in [0.1, 0.15) is 23.7 Å². The molecule has 2 unspecified atom stereocenters. The van der Waals surface area contributed by atoms with Crippen LogP contribution in [-0.4, -0.2) is 22.2 Å². The number of nitrogens with zero attached hydrogens (tertiary/aromatic N) is 1. The summed E-state index contributed by atoms with van der Waals surface area (Å²) in [7, 11) is 0. The molecule has 0 aliphatic rings. The van der Waals surface area contributed by atoms with E-state index in [1.54, 1.807) is 0 Å². The molecule has 92 valence electrons. The fourth-order valence-electron chi connectivity index (χ4n) is 1.47. The zero-order valence-corrected chi connectivity index (χ0v) is 9.86. The van der Waals surface area contributed by atoms with Crippen molar-refractivity contribution in [1.82, 2.24) is 0 Å². The Morgan fingerprint density at radius 2 is 2.12 bits per heavy atom. The zero-order chi connectivity index (χ0) is 12.8. The van der Waals surface area contributed by atoms with Gasteiger partial charge in [0.25, 0.3) is 0 Å². The fourth-order valence-corrected chi connectivity index (χ4v) is 1.69. The molecule has 0 spiro atoms. The van der Waals surface area contributed by atoms with Gasteiger partial charge in [0.1, 0.15) is 11.9 Å². The Labute approximate surface area is 104 Å². The molecule has 0 aromatic heterocycles. The van der Waals surface area contributed by atoms with Crippen molar-refractivity contribution in [2.45, 2.75) is 25.0 Å². The number of aliphatic hydroxyl groups excluding tert-OH is 2. The van der Waals surface area contributed by atoms with Crippen LogP contribution in [0.3, 0.4) is 0 Å². The van der Waals surface area contributed by atoms with Crippen molar-refractivity contribution in [3.8, 4) is 6.07 Å². The van der Waals surface area contributed by atoms with Crippen LogP contribution in [0.15, 0.2) is 18.2 Å². The van der Waals surface area contributed by atoms with Crippen LogP contribution in [0.2, 0.25) is 0 Å². The minimum atomic E-state index is -1.17. The van der Waals surface area contributed by atoms with Crippen molar-refractivity contribution in [3.63, 3.8) is 0 Å². The molecule has 0 amide bonds. The first kappa shape index (κ1) is 13.9. The van der Waals surface area contributed by atoms with Gasteiger partial charge in [-0.2, -0.15) is 5.26 Å². The molecule has 1 aromatic carbocycles. The number of hydrogen-bond acceptors (Lipinski definition) is 3. The van der Waals surface area contributed by atoms with Crippen LogP contribution >= 0.6 is 11.6 Å². The van der Waals surface area contributed by atoms with E-state index in [0.29, 0.717) is 0 Å². The molecule has 0 heterocycles. The number of hydrogen-bond donors (Lipinski definition) is 2. The Kier molecular flexibility index (Phi) is 5.36. The van der Waals surface area contributed by atoms with E-state index in [1.165, 1.54) is 12.1 Å². The number of aliphatic hydroxyl groups is 2. The van der Waals surface area contributed by atoms with Crippen LogP contribution in [0, 0.1) is 17.1 Å². The maximum absolute atomic E-state index is 13.5. The topological polar surface area (TPSA) is 64.2 Å². The van der Waals surface area contributed by atoms with Gasteiger partial charge in [0.15, 0.2) is 0 Å². The highest BCUT2D eigenvalue weighted by molar-refractivity contribution is 6.17. The van der Waals surface area contributed by atoms with Crippen LogP contribution in [0.25, 0.3) is 0 Å². The van der Waals surface area contributed by atoms with Crippen molar-refractivity contribution in [2.75, 3.05) is 5.88 Å². The van der Waals surface area contributed by atoms with Gasteiger partial charge in [-0.1, -0.05) is 12.1 Å². The highest BCUT2D eigenvalue weighted by Gasteiger charge is 2.18. The van der Waals surface area contributed by atoms with Gasteiger partial charge in [-0.25, -0.2) is 4.39 Å². The molecule has 0 saturated heterocycles. The predicted molar refractivity (Wildman–Crippen MR) is 62.0 cm³/mol. The summed E-state index contributed by atoms with van der Waals surface area (Å²) >= 11 is 5.44. The Morgan fingerprint density at radius 1 is 1.41 bits per heavy atom. The minimum Gasteiger partial charge on any atom is -0.390 e. The molecule has 17 heavy (non-hydrogen) atoms. The van der Waals surface area contributed by atoms with Crippen molar-refractivity contribution in [1.29, 1.82) is 5.26 Å². The quantitative estimate of drug-likeness (QED) is 0.792. The lowest BCUT2D eigenvalue weighted by atomic mass is 10.0. The van der Waals surface area contributed by atoms with E-state index in [0.717, 1.165) is 6.07 Å². The highest BCUT2D eigenvalue weighted by atomic mass is 35.5. The Bertz CT molecular complexity index is 419. The molecule has 0 bridgehead atoms. The van der Waals surface area contributed by atoms with E-state index in [1.807, 2.05) is 6.07 Å². The van der Waals surface area contributed by atoms with E-state index in [2.05, 4.69) is 0 Å². The number of rotatable bonds is 5. The van der Waals surface area contributed by atoms with E-state index in [4.69, 9.17) is 16.9 Å². The molecule has 0 radical (unpaired) electrons. The summed E-state index contributed by atoms with van der Waals surface area (Å²) in [4.78, 5) is 0. The maximum Gasteiger partial charge on any atom is 0.127 e. The second-order valence-corrected chi connectivity index (χ2v) is 4.05. The first-order chi connectivity index (χ1) is 8.10. The smallest absolute Gasteiger partial charge is 0.127 e. The van der Waals surface area contributed by atoms with E-state index >= 15 is 0 Å². The average Bonchev–Trinajstić information content (AvgIpc) is 2.31. The van der Waals surface area contributed by atoms with Gasteiger partial charge in [-0.15, -0.1) is 11.6 Å². The van der Waals surface area contributed by atoms with Gasteiger partial charge in [0, 0.05) is 11.4 Å². The van der Waals surface area contributed by atoms with Crippen LogP contribution in [-0.2, 0) is 6.42 Å². The molecule has 0 aliphatic carbocycles. The highest BCUT2D eigenvalue weighted by Crippen LogP contribution is 2.21. The summed E-state index contributed by atoms with van der Waals surface area (Å²) in [6.07, 6.45) is -1.98. The summed E-state index contributed by atoms with van der Waals surface area (Å²) in [5.41, 5.74) is 0.553. The molecule has 1 aromatic rings. The molecule has 0 fully saturated rings. The van der Waals surface area contributed by atoms with E-state index in [-0.39, 0.29) is 29.8 Å². The monoisotopic (exact) mass is 257 g/mol. The summed E-state index contributed by atoms with van der Waals surface area (Å²) < 4.78 is 13.5. The summed E-state index contributed by atoms with van der Waals surface area (Å²) in [5.74, 6) is -0.339. The number of halogens is 2. The summed E-state index contributed by atoms with van der Waals surface area (Å²) in [5, 5.41) is 27.7. The van der Waals surface area contributed by atoms with Gasteiger partial charge >= 0.3 is 0 Å². The maximum atomic E-state index is 13.5. The third kappa shape index (κ3) is 3.67. The Morgan fingerprint density at radius 3 is 2.65 bits per heavy atom. The predicted octanol–water partition coefficient (Wildman–Crippen LogP) is 1.91. The third-order valence-electron chi connectivity index (χ3n) is 2.46. The van der Waals surface area contributed by atoms with Gasteiger partial charge in [-0.3, -0.25) is 0 Å². The van der Waals surface area contributed by atoms with E-state index < -0.39 is 18.0 Å². The summed E-state index contributed by atoms with van der Waals surface area (Å²) in [6, 6.07) is 5.91. The molecular weight excluding hydrogens is 245 g/mol. The molecule has 2 N–H and O–H groups in total. The first-order valence-electron chi connectivity index (χ1n) is 5.17. The van der Waals surface area contributed by atoms with Crippen molar-refractivity contribution in [2.24, 2.45) is 0 Å². The average molecular weight is 258 g/mol. The van der Waals surface area contributed by atoms with E-state index in [9.17, 15) is 14.6 Å². The lowest BCUT2D eigenvalue weighted by molar-refractivity contribution is 0.0168. The van der Waals surface area contributed by atoms with Crippen molar-refractivity contribution >= 4 is 11.6 Å². The van der Waals surface area contributed by atoms with Gasteiger partial charge in [0.2, 0.25) is 0 Å². The molecular formula is C12H13ClFNO2. The fraction of sp³-hybridized carbons (Fsp3) is 0.417. The lowest BCUT2D eigenvalue weighted by Crippen LogP contribution is -2.18. The SMILES string of the molecule is N#CCc1ccc(C(O)C(O)CCCl)cc1F. The van der Waals surface area contributed by atoms with Gasteiger partial charge in [-0.05, 0) is 18.1 Å². The largest absolute Gasteiger partial charge is 0.390 e. The van der Waals surface area contributed by atoms with Crippen molar-refractivity contribution in [3.05, 3.63) is 35.1 Å². The molecule has 0 aliphatic heterocycles. The van der Waals surface area contributed by atoms with Gasteiger partial charge in [0.05, 0.1) is 18.6 Å². The molecule has 0 saturated carbocycles. The normalized spacial score (nSPS) is 14.1. The van der Waals surface area contributed by atoms with Crippen LogP contribution in [0.5, 0.6) is 0 Å². The molecule has 2 atom stereocenters. The van der Waals surface area contributed by atoms with Gasteiger partial charge < -0.3 is 10.2 Å². The zero-order valence-electron chi connectivity index (χ0n) is 9.11. The second-order valence-electron chi connectivity index (χ2n) is 3.68. The summed E-state index contributed by atoms with van der Waals surface area (Å²) in [6.45, 7) is 0. The van der Waals surface area contributed by atoms with Crippen LogP contribution < -0.4 is 0 Å². The third-order valence-corrected chi connectivity index (χ3v) is 2.68. The Balaban J connectivity index is 2.86.